The molecule has 0 aromatic carbocycles. The molecule has 2 fully saturated rings. The molecule has 20 heavy (non-hydrogen) atoms. The lowest BCUT2D eigenvalue weighted by atomic mass is 9.75. The van der Waals surface area contributed by atoms with Gasteiger partial charge in [-0.05, 0) is 30.7 Å². The quantitative estimate of drug-likeness (QED) is 0.474. The van der Waals surface area contributed by atoms with Crippen molar-refractivity contribution in [1.82, 2.24) is 4.98 Å². The number of piperidine rings is 1. The Kier molecular flexibility index (Phi) is 3.78. The molecule has 1 aromatic heterocycles. The molecule has 1 aliphatic carbocycles. The van der Waals surface area contributed by atoms with Crippen LogP contribution in [0.4, 0.5) is 11.5 Å². The van der Waals surface area contributed by atoms with E-state index in [4.69, 9.17) is 11.6 Å². The average Bonchev–Trinajstić information content (AvgIpc) is 2.46. The zero-order valence-corrected chi connectivity index (χ0v) is 12.1. The number of hydrogen-bond acceptors (Lipinski definition) is 4. The van der Waals surface area contributed by atoms with Crippen molar-refractivity contribution in [3.63, 3.8) is 0 Å². The summed E-state index contributed by atoms with van der Waals surface area (Å²) in [5.74, 6) is 1.88. The van der Waals surface area contributed by atoms with Crippen molar-refractivity contribution >= 4 is 23.1 Å². The summed E-state index contributed by atoms with van der Waals surface area (Å²) in [7, 11) is 0. The van der Waals surface area contributed by atoms with Gasteiger partial charge in [0.1, 0.15) is 5.15 Å². The largest absolute Gasteiger partial charge is 0.351 e. The Balaban J connectivity index is 1.85. The van der Waals surface area contributed by atoms with E-state index >= 15 is 0 Å². The fourth-order valence-corrected chi connectivity index (χ4v) is 3.73. The highest BCUT2D eigenvalue weighted by molar-refractivity contribution is 6.29. The summed E-state index contributed by atoms with van der Waals surface area (Å²) < 4.78 is 0. The first-order valence-electron chi connectivity index (χ1n) is 7.21. The molecule has 0 amide bonds. The molecule has 108 valence electrons. The van der Waals surface area contributed by atoms with E-state index in [9.17, 15) is 10.1 Å². The van der Waals surface area contributed by atoms with Crippen LogP contribution in [0.15, 0.2) is 12.1 Å². The van der Waals surface area contributed by atoms with E-state index in [1.54, 1.807) is 0 Å². The van der Waals surface area contributed by atoms with Gasteiger partial charge in [-0.15, -0.1) is 0 Å². The van der Waals surface area contributed by atoms with Gasteiger partial charge in [-0.2, -0.15) is 0 Å². The van der Waals surface area contributed by atoms with Crippen molar-refractivity contribution in [3.8, 4) is 0 Å². The first kappa shape index (κ1) is 13.6. The lowest BCUT2D eigenvalue weighted by molar-refractivity contribution is -0.384. The van der Waals surface area contributed by atoms with E-state index in [0.29, 0.717) is 16.9 Å². The van der Waals surface area contributed by atoms with Crippen LogP contribution >= 0.6 is 11.6 Å². The van der Waals surface area contributed by atoms with Gasteiger partial charge in [-0.3, -0.25) is 10.1 Å². The summed E-state index contributed by atoms with van der Waals surface area (Å²) in [5, 5.41) is 11.5. The van der Waals surface area contributed by atoms with Crippen LogP contribution in [-0.4, -0.2) is 23.0 Å². The van der Waals surface area contributed by atoms with Gasteiger partial charge in [0, 0.05) is 19.2 Å². The molecule has 2 heterocycles. The minimum absolute atomic E-state index is 0.0589. The maximum Gasteiger partial charge on any atom is 0.311 e. The Labute approximate surface area is 123 Å². The molecule has 1 aromatic rings. The number of nitro groups is 1. The molecule has 3 rings (SSSR count). The monoisotopic (exact) mass is 295 g/mol. The average molecular weight is 296 g/mol. The van der Waals surface area contributed by atoms with Crippen LogP contribution in [0.25, 0.3) is 0 Å². The molecule has 1 saturated heterocycles. The number of nitrogens with zero attached hydrogens (tertiary/aromatic N) is 3. The Hall–Kier alpha value is -1.36. The van der Waals surface area contributed by atoms with Crippen molar-refractivity contribution in [2.24, 2.45) is 11.8 Å². The molecule has 0 bridgehead atoms. The van der Waals surface area contributed by atoms with E-state index in [0.717, 1.165) is 25.4 Å². The highest BCUT2D eigenvalue weighted by Crippen LogP contribution is 2.39. The van der Waals surface area contributed by atoms with Gasteiger partial charge >= 0.3 is 5.69 Å². The van der Waals surface area contributed by atoms with Crippen LogP contribution in [0.2, 0.25) is 5.15 Å². The molecular formula is C14H18ClN3O2. The number of hydrogen-bond donors (Lipinski definition) is 0. The minimum Gasteiger partial charge on any atom is -0.351 e. The van der Waals surface area contributed by atoms with Gasteiger partial charge in [-0.1, -0.05) is 30.9 Å². The molecule has 2 atom stereocenters. The van der Waals surface area contributed by atoms with Gasteiger partial charge in [0.2, 0.25) is 5.82 Å². The van der Waals surface area contributed by atoms with Crippen LogP contribution in [0.1, 0.15) is 32.1 Å². The number of fused-ring (bicyclic) bond motifs is 1. The number of rotatable bonds is 2. The van der Waals surface area contributed by atoms with Crippen LogP contribution in [-0.2, 0) is 0 Å². The molecule has 6 heteroatoms. The molecule has 2 aliphatic rings. The number of halogens is 1. The molecule has 1 saturated carbocycles. The normalized spacial score (nSPS) is 26.1. The van der Waals surface area contributed by atoms with Crippen molar-refractivity contribution in [1.29, 1.82) is 0 Å². The Morgan fingerprint density at radius 3 is 2.75 bits per heavy atom. The van der Waals surface area contributed by atoms with Crippen molar-refractivity contribution < 1.29 is 4.92 Å². The van der Waals surface area contributed by atoms with Crippen molar-refractivity contribution in [2.75, 3.05) is 18.0 Å². The fourth-order valence-electron chi connectivity index (χ4n) is 3.59. The summed E-state index contributed by atoms with van der Waals surface area (Å²) in [4.78, 5) is 17.0. The van der Waals surface area contributed by atoms with Crippen LogP contribution < -0.4 is 4.90 Å². The Morgan fingerprint density at radius 1 is 1.25 bits per heavy atom. The van der Waals surface area contributed by atoms with E-state index in [1.807, 2.05) is 0 Å². The summed E-state index contributed by atoms with van der Waals surface area (Å²) >= 11 is 5.92. The van der Waals surface area contributed by atoms with Crippen molar-refractivity contribution in [3.05, 3.63) is 27.4 Å². The third-order valence-electron chi connectivity index (χ3n) is 4.61. The second-order valence-electron chi connectivity index (χ2n) is 5.77. The molecular weight excluding hydrogens is 278 g/mol. The zero-order chi connectivity index (χ0) is 14.1. The summed E-state index contributed by atoms with van der Waals surface area (Å²) in [5.41, 5.74) is 0.0589. The molecule has 1 aliphatic heterocycles. The zero-order valence-electron chi connectivity index (χ0n) is 11.3. The highest BCUT2D eigenvalue weighted by atomic mass is 35.5. The first-order valence-corrected chi connectivity index (χ1v) is 7.59. The maximum absolute atomic E-state index is 11.2. The van der Waals surface area contributed by atoms with Gasteiger partial charge in [0.15, 0.2) is 0 Å². The molecule has 0 N–H and O–H groups in total. The second kappa shape index (κ2) is 5.56. The molecule has 5 nitrogen and oxygen atoms in total. The molecule has 0 radical (unpaired) electrons. The summed E-state index contributed by atoms with van der Waals surface area (Å²) in [6, 6.07) is 2.94. The summed E-state index contributed by atoms with van der Waals surface area (Å²) in [6.45, 7) is 1.72. The fraction of sp³-hybridized carbons (Fsp3) is 0.643. The van der Waals surface area contributed by atoms with Crippen molar-refractivity contribution in [2.45, 2.75) is 32.1 Å². The standard InChI is InChI=1S/C14H18ClN3O2/c15-13-6-5-12(18(19)20)14(16-13)17-8-7-10-3-1-2-4-11(10)9-17/h5-6,10-11H,1-4,7-9H2. The van der Waals surface area contributed by atoms with Crippen LogP contribution in [0.5, 0.6) is 0 Å². The summed E-state index contributed by atoms with van der Waals surface area (Å²) in [6.07, 6.45) is 6.26. The number of pyridine rings is 1. The van der Waals surface area contributed by atoms with E-state index < -0.39 is 0 Å². The van der Waals surface area contributed by atoms with E-state index in [-0.39, 0.29) is 10.6 Å². The molecule has 2 unspecified atom stereocenters. The van der Waals surface area contributed by atoms with E-state index in [1.165, 1.54) is 37.8 Å². The third kappa shape index (κ3) is 2.59. The lowest BCUT2D eigenvalue weighted by Gasteiger charge is -2.41. The van der Waals surface area contributed by atoms with Gasteiger partial charge in [0.05, 0.1) is 4.92 Å². The minimum atomic E-state index is -0.369. The second-order valence-corrected chi connectivity index (χ2v) is 6.16. The predicted octanol–water partition coefficient (Wildman–Crippen LogP) is 3.66. The molecule has 0 spiro atoms. The van der Waals surface area contributed by atoms with Gasteiger partial charge in [-0.25, -0.2) is 4.98 Å². The predicted molar refractivity (Wildman–Crippen MR) is 78.2 cm³/mol. The Bertz CT molecular complexity index is 523. The third-order valence-corrected chi connectivity index (χ3v) is 4.82. The van der Waals surface area contributed by atoms with E-state index in [2.05, 4.69) is 9.88 Å². The highest BCUT2D eigenvalue weighted by Gasteiger charge is 2.33. The lowest BCUT2D eigenvalue weighted by Crippen LogP contribution is -2.42. The SMILES string of the molecule is O=[N+]([O-])c1ccc(Cl)nc1N1CCC2CCCCC2C1. The smallest absolute Gasteiger partial charge is 0.311 e. The van der Waals surface area contributed by atoms with Crippen LogP contribution in [0.3, 0.4) is 0 Å². The number of aromatic nitrogens is 1. The topological polar surface area (TPSA) is 59.3 Å². The van der Waals surface area contributed by atoms with Gasteiger partial charge in [0.25, 0.3) is 0 Å². The Morgan fingerprint density at radius 2 is 2.00 bits per heavy atom. The first-order chi connectivity index (χ1) is 9.65. The van der Waals surface area contributed by atoms with Crippen LogP contribution in [0, 0.1) is 22.0 Å². The van der Waals surface area contributed by atoms with Gasteiger partial charge < -0.3 is 4.90 Å². The number of anilines is 1. The maximum atomic E-state index is 11.2.